The lowest BCUT2D eigenvalue weighted by molar-refractivity contribution is -0.0499. The van der Waals surface area contributed by atoms with Crippen molar-refractivity contribution in [1.82, 2.24) is 0 Å². The van der Waals surface area contributed by atoms with Crippen molar-refractivity contribution in [2.75, 3.05) is 7.11 Å². The highest BCUT2D eigenvalue weighted by Crippen LogP contribution is 2.23. The maximum Gasteiger partial charge on any atom is 0.387 e. The van der Waals surface area contributed by atoms with Crippen LogP contribution < -0.4 is 4.74 Å². The molecule has 0 N–H and O–H groups in total. The molecule has 0 unspecified atom stereocenters. The van der Waals surface area contributed by atoms with Gasteiger partial charge in [-0.3, -0.25) is 4.79 Å². The van der Waals surface area contributed by atoms with E-state index in [9.17, 15) is 18.4 Å². The van der Waals surface area contributed by atoms with Gasteiger partial charge in [0.15, 0.2) is 6.29 Å². The SMILES string of the molecule is COC(=O)c1cc(OC(F)F)cc(C#N)c1C=O. The number of hydrogen-bond acceptors (Lipinski definition) is 5. The molecule has 0 aliphatic heterocycles. The number of nitriles is 1. The Morgan fingerprint density at radius 3 is 2.61 bits per heavy atom. The van der Waals surface area contributed by atoms with Gasteiger partial charge in [-0.15, -0.1) is 0 Å². The van der Waals surface area contributed by atoms with E-state index in [0.717, 1.165) is 19.2 Å². The molecule has 0 radical (unpaired) electrons. The number of ether oxygens (including phenoxy) is 2. The molecule has 0 amide bonds. The van der Waals surface area contributed by atoms with Gasteiger partial charge in [0.1, 0.15) is 11.8 Å². The van der Waals surface area contributed by atoms with Gasteiger partial charge in [-0.1, -0.05) is 0 Å². The summed E-state index contributed by atoms with van der Waals surface area (Å²) in [5, 5.41) is 8.78. The number of esters is 1. The lowest BCUT2D eigenvalue weighted by Crippen LogP contribution is -2.09. The zero-order valence-corrected chi connectivity index (χ0v) is 9.15. The molecule has 0 aromatic heterocycles. The van der Waals surface area contributed by atoms with Crippen LogP contribution in [0.15, 0.2) is 12.1 Å². The van der Waals surface area contributed by atoms with E-state index in [4.69, 9.17) is 5.26 Å². The molecule has 0 spiro atoms. The van der Waals surface area contributed by atoms with Gasteiger partial charge in [-0.25, -0.2) is 4.79 Å². The van der Waals surface area contributed by atoms with Crippen molar-refractivity contribution in [1.29, 1.82) is 5.26 Å². The van der Waals surface area contributed by atoms with Crippen molar-refractivity contribution < 1.29 is 27.8 Å². The minimum absolute atomic E-state index is 0.231. The van der Waals surface area contributed by atoms with Crippen LogP contribution in [0.4, 0.5) is 8.78 Å². The first-order valence-electron chi connectivity index (χ1n) is 4.60. The van der Waals surface area contributed by atoms with Gasteiger partial charge in [-0.05, 0) is 12.1 Å². The van der Waals surface area contributed by atoms with Gasteiger partial charge in [0.2, 0.25) is 0 Å². The van der Waals surface area contributed by atoms with E-state index in [1.165, 1.54) is 0 Å². The van der Waals surface area contributed by atoms with E-state index >= 15 is 0 Å². The monoisotopic (exact) mass is 255 g/mol. The molecule has 1 aromatic rings. The second-order valence-electron chi connectivity index (χ2n) is 3.03. The van der Waals surface area contributed by atoms with Crippen LogP contribution in [0.3, 0.4) is 0 Å². The number of methoxy groups -OCH3 is 1. The Hall–Kier alpha value is -2.49. The average molecular weight is 255 g/mol. The summed E-state index contributed by atoms with van der Waals surface area (Å²) in [4.78, 5) is 22.2. The van der Waals surface area contributed by atoms with Crippen LogP contribution in [0.25, 0.3) is 0 Å². The molecule has 1 aromatic carbocycles. The second-order valence-corrected chi connectivity index (χ2v) is 3.03. The fourth-order valence-corrected chi connectivity index (χ4v) is 1.30. The number of nitrogens with zero attached hydrogens (tertiary/aromatic N) is 1. The quantitative estimate of drug-likeness (QED) is 0.605. The van der Waals surface area contributed by atoms with Crippen molar-refractivity contribution in [3.63, 3.8) is 0 Å². The van der Waals surface area contributed by atoms with Crippen molar-refractivity contribution in [3.8, 4) is 11.8 Å². The van der Waals surface area contributed by atoms with Gasteiger partial charge in [-0.2, -0.15) is 14.0 Å². The molecule has 7 heteroatoms. The Morgan fingerprint density at radius 2 is 2.17 bits per heavy atom. The number of benzene rings is 1. The van der Waals surface area contributed by atoms with Crippen LogP contribution in [-0.4, -0.2) is 26.0 Å². The van der Waals surface area contributed by atoms with Crippen molar-refractivity contribution >= 4 is 12.3 Å². The third kappa shape index (κ3) is 2.79. The predicted octanol–water partition coefficient (Wildman–Crippen LogP) is 1.76. The van der Waals surface area contributed by atoms with E-state index in [2.05, 4.69) is 9.47 Å². The molecule has 5 nitrogen and oxygen atoms in total. The molecule has 18 heavy (non-hydrogen) atoms. The summed E-state index contributed by atoms with van der Waals surface area (Å²) in [5.41, 5.74) is -0.781. The summed E-state index contributed by atoms with van der Waals surface area (Å²) in [6.07, 6.45) is 0.275. The number of hydrogen-bond donors (Lipinski definition) is 0. The van der Waals surface area contributed by atoms with Crippen molar-refractivity contribution in [3.05, 3.63) is 28.8 Å². The van der Waals surface area contributed by atoms with Gasteiger partial charge < -0.3 is 9.47 Å². The summed E-state index contributed by atoms with van der Waals surface area (Å²) in [6, 6.07) is 3.48. The fourth-order valence-electron chi connectivity index (χ4n) is 1.30. The summed E-state index contributed by atoms with van der Waals surface area (Å²) < 4.78 is 32.6. The summed E-state index contributed by atoms with van der Waals surface area (Å²) in [7, 11) is 1.06. The molecule has 94 valence electrons. The Bertz CT molecular complexity index is 523. The highest BCUT2D eigenvalue weighted by atomic mass is 19.3. The number of alkyl halides is 2. The third-order valence-corrected chi connectivity index (χ3v) is 2.02. The lowest BCUT2D eigenvalue weighted by atomic mass is 10.0. The first-order chi connectivity index (χ1) is 8.53. The molecule has 0 heterocycles. The number of halogens is 2. The Balaban J connectivity index is 3.41. The molecular weight excluding hydrogens is 248 g/mol. The molecule has 0 aliphatic rings. The first-order valence-corrected chi connectivity index (χ1v) is 4.60. The Labute approximate surface area is 101 Å². The maximum atomic E-state index is 12.1. The minimum Gasteiger partial charge on any atom is -0.465 e. The molecule has 1 rings (SSSR count). The number of carbonyl (C=O) groups excluding carboxylic acids is 2. The largest absolute Gasteiger partial charge is 0.465 e. The maximum absolute atomic E-state index is 12.1. The molecule has 0 bridgehead atoms. The smallest absolute Gasteiger partial charge is 0.387 e. The van der Waals surface area contributed by atoms with Crippen LogP contribution in [0.5, 0.6) is 5.75 Å². The van der Waals surface area contributed by atoms with Crippen LogP contribution in [0.1, 0.15) is 26.3 Å². The number of carbonyl (C=O) groups is 2. The lowest BCUT2D eigenvalue weighted by Gasteiger charge is -2.09. The minimum atomic E-state index is -3.11. The summed E-state index contributed by atoms with van der Waals surface area (Å²) >= 11 is 0. The molecule has 0 saturated carbocycles. The second kappa shape index (κ2) is 5.72. The van der Waals surface area contributed by atoms with E-state index in [0.29, 0.717) is 0 Å². The van der Waals surface area contributed by atoms with Crippen LogP contribution in [0, 0.1) is 11.3 Å². The molecule has 0 atom stereocenters. The van der Waals surface area contributed by atoms with Gasteiger partial charge in [0.05, 0.1) is 18.2 Å². The average Bonchev–Trinajstić information content (AvgIpc) is 2.35. The van der Waals surface area contributed by atoms with E-state index in [1.807, 2.05) is 0 Å². The van der Waals surface area contributed by atoms with Gasteiger partial charge in [0, 0.05) is 5.56 Å². The Morgan fingerprint density at radius 1 is 1.50 bits per heavy atom. The standard InChI is InChI=1S/C11H7F2NO4/c1-17-10(16)8-3-7(18-11(12)13)2-6(4-14)9(8)5-15/h2-3,5,11H,1H3. The first kappa shape index (κ1) is 13.6. The van der Waals surface area contributed by atoms with Crippen LogP contribution in [0.2, 0.25) is 0 Å². The van der Waals surface area contributed by atoms with E-state index in [-0.39, 0.29) is 23.0 Å². The molecule has 0 fully saturated rings. The number of rotatable bonds is 4. The van der Waals surface area contributed by atoms with Gasteiger partial charge >= 0.3 is 12.6 Å². The molecule has 0 saturated heterocycles. The molecule has 0 aliphatic carbocycles. The topological polar surface area (TPSA) is 76.4 Å². The van der Waals surface area contributed by atoms with Crippen molar-refractivity contribution in [2.45, 2.75) is 6.61 Å². The summed E-state index contributed by atoms with van der Waals surface area (Å²) in [6.45, 7) is -3.11. The summed E-state index contributed by atoms with van der Waals surface area (Å²) in [5.74, 6) is -1.32. The fraction of sp³-hybridized carbons (Fsp3) is 0.182. The zero-order valence-electron chi connectivity index (χ0n) is 9.15. The van der Waals surface area contributed by atoms with E-state index in [1.54, 1.807) is 6.07 Å². The van der Waals surface area contributed by atoms with Gasteiger partial charge in [0.25, 0.3) is 0 Å². The third-order valence-electron chi connectivity index (χ3n) is 2.02. The predicted molar refractivity (Wildman–Crippen MR) is 54.5 cm³/mol. The number of aldehydes is 1. The normalized spacial score (nSPS) is 9.72. The highest BCUT2D eigenvalue weighted by molar-refractivity contribution is 6.00. The van der Waals surface area contributed by atoms with Crippen LogP contribution in [-0.2, 0) is 4.74 Å². The zero-order chi connectivity index (χ0) is 13.7. The van der Waals surface area contributed by atoms with Crippen LogP contribution >= 0.6 is 0 Å². The van der Waals surface area contributed by atoms with Crippen molar-refractivity contribution in [2.24, 2.45) is 0 Å². The Kier molecular flexibility index (Phi) is 4.32. The van der Waals surface area contributed by atoms with E-state index < -0.39 is 18.3 Å². The highest BCUT2D eigenvalue weighted by Gasteiger charge is 2.19. The molecular formula is C11H7F2NO4.